The number of thioether (sulfide) groups is 1. The van der Waals surface area contributed by atoms with Gasteiger partial charge in [0.2, 0.25) is 0 Å². The molecule has 0 bridgehead atoms. The second-order valence-electron chi connectivity index (χ2n) is 4.27. The van der Waals surface area contributed by atoms with Crippen molar-refractivity contribution in [2.75, 3.05) is 0 Å². The molecule has 2 atom stereocenters. The van der Waals surface area contributed by atoms with Crippen LogP contribution in [0.2, 0.25) is 0 Å². The van der Waals surface area contributed by atoms with Gasteiger partial charge in [0.25, 0.3) is 0 Å². The standard InChI is InChI=1S/C13H14OS3/c14-9-7-12(10-3-1-5-15-10)17-13(8-9)11-4-2-6-16-11/h1-6,9,12-14H,7-8H2. The number of hydrogen-bond donors (Lipinski definition) is 1. The maximum Gasteiger partial charge on any atom is 0.0568 e. The van der Waals surface area contributed by atoms with E-state index >= 15 is 0 Å². The molecule has 0 saturated carbocycles. The monoisotopic (exact) mass is 282 g/mol. The van der Waals surface area contributed by atoms with Crippen LogP contribution >= 0.6 is 34.4 Å². The van der Waals surface area contributed by atoms with E-state index < -0.39 is 0 Å². The van der Waals surface area contributed by atoms with Gasteiger partial charge in [-0.05, 0) is 35.7 Å². The van der Waals surface area contributed by atoms with E-state index in [1.54, 1.807) is 22.7 Å². The average molecular weight is 282 g/mol. The predicted molar refractivity (Wildman–Crippen MR) is 77.0 cm³/mol. The van der Waals surface area contributed by atoms with Crippen LogP contribution in [0.15, 0.2) is 35.0 Å². The van der Waals surface area contributed by atoms with Gasteiger partial charge >= 0.3 is 0 Å². The Bertz CT molecular complexity index is 407. The Labute approximate surface area is 114 Å². The largest absolute Gasteiger partial charge is 0.393 e. The summed E-state index contributed by atoms with van der Waals surface area (Å²) in [6, 6.07) is 8.57. The summed E-state index contributed by atoms with van der Waals surface area (Å²) < 4.78 is 0. The summed E-state index contributed by atoms with van der Waals surface area (Å²) in [5, 5.41) is 15.2. The van der Waals surface area contributed by atoms with Crippen molar-refractivity contribution in [3.8, 4) is 0 Å². The van der Waals surface area contributed by atoms with Gasteiger partial charge in [0.15, 0.2) is 0 Å². The molecule has 17 heavy (non-hydrogen) atoms. The van der Waals surface area contributed by atoms with Crippen molar-refractivity contribution in [2.45, 2.75) is 29.4 Å². The molecule has 1 N–H and O–H groups in total. The minimum absolute atomic E-state index is 0.157. The molecule has 2 aromatic rings. The molecule has 2 unspecified atom stereocenters. The quantitative estimate of drug-likeness (QED) is 0.876. The molecule has 4 heteroatoms. The Balaban J connectivity index is 1.80. The van der Waals surface area contributed by atoms with E-state index in [-0.39, 0.29) is 6.10 Å². The van der Waals surface area contributed by atoms with Crippen LogP contribution in [0.5, 0.6) is 0 Å². The lowest BCUT2D eigenvalue weighted by Gasteiger charge is -2.31. The fourth-order valence-electron chi connectivity index (χ4n) is 2.22. The predicted octanol–water partition coefficient (Wildman–Crippen LogP) is 4.48. The van der Waals surface area contributed by atoms with E-state index in [9.17, 15) is 5.11 Å². The van der Waals surface area contributed by atoms with Crippen molar-refractivity contribution >= 4 is 34.4 Å². The molecule has 1 saturated heterocycles. The fraction of sp³-hybridized carbons (Fsp3) is 0.385. The minimum Gasteiger partial charge on any atom is -0.393 e. The van der Waals surface area contributed by atoms with Crippen LogP contribution in [0.3, 0.4) is 0 Å². The van der Waals surface area contributed by atoms with Gasteiger partial charge in [-0.1, -0.05) is 12.1 Å². The van der Waals surface area contributed by atoms with Crippen LogP contribution < -0.4 is 0 Å². The first-order chi connectivity index (χ1) is 8.33. The number of rotatable bonds is 2. The summed E-state index contributed by atoms with van der Waals surface area (Å²) in [6.07, 6.45) is 1.63. The lowest BCUT2D eigenvalue weighted by molar-refractivity contribution is 0.148. The molecule has 90 valence electrons. The van der Waals surface area contributed by atoms with Gasteiger partial charge in [-0.15, -0.1) is 34.4 Å². The summed E-state index contributed by atoms with van der Waals surface area (Å²) in [6.45, 7) is 0. The maximum absolute atomic E-state index is 10.0. The van der Waals surface area contributed by atoms with Gasteiger partial charge in [0, 0.05) is 20.3 Å². The molecule has 0 spiro atoms. The van der Waals surface area contributed by atoms with Crippen molar-refractivity contribution in [3.05, 3.63) is 44.8 Å². The number of aliphatic hydroxyl groups is 1. The Kier molecular flexibility index (Phi) is 3.56. The average Bonchev–Trinajstić information content (AvgIpc) is 3.02. The molecule has 0 aromatic carbocycles. The van der Waals surface area contributed by atoms with E-state index in [2.05, 4.69) is 35.0 Å². The molecule has 0 amide bonds. The highest BCUT2D eigenvalue weighted by Crippen LogP contribution is 2.51. The minimum atomic E-state index is -0.157. The molecule has 1 aliphatic heterocycles. The van der Waals surface area contributed by atoms with E-state index in [1.807, 2.05) is 11.8 Å². The van der Waals surface area contributed by atoms with Crippen LogP contribution in [-0.4, -0.2) is 11.2 Å². The molecule has 1 fully saturated rings. The topological polar surface area (TPSA) is 20.2 Å². The molecule has 1 nitrogen and oxygen atoms in total. The zero-order chi connectivity index (χ0) is 11.7. The molecule has 0 aliphatic carbocycles. The third-order valence-corrected chi connectivity index (χ3v) is 6.84. The van der Waals surface area contributed by atoms with Gasteiger partial charge in [-0.25, -0.2) is 0 Å². The van der Waals surface area contributed by atoms with E-state index in [0.717, 1.165) is 12.8 Å². The van der Waals surface area contributed by atoms with Crippen molar-refractivity contribution in [1.29, 1.82) is 0 Å². The van der Waals surface area contributed by atoms with E-state index in [0.29, 0.717) is 10.5 Å². The molecule has 1 aliphatic rings. The second kappa shape index (κ2) is 5.14. The van der Waals surface area contributed by atoms with Gasteiger partial charge in [0.1, 0.15) is 0 Å². The summed E-state index contributed by atoms with van der Waals surface area (Å²) in [4.78, 5) is 2.80. The Morgan fingerprint density at radius 3 is 1.88 bits per heavy atom. The lowest BCUT2D eigenvalue weighted by Crippen LogP contribution is -2.19. The summed E-state index contributed by atoms with van der Waals surface area (Å²) in [7, 11) is 0. The van der Waals surface area contributed by atoms with Gasteiger partial charge in [-0.3, -0.25) is 0 Å². The third-order valence-electron chi connectivity index (χ3n) is 3.02. The Morgan fingerprint density at radius 2 is 1.47 bits per heavy atom. The molecule has 2 aromatic heterocycles. The summed E-state index contributed by atoms with van der Waals surface area (Å²) in [5.74, 6) is 0. The molecule has 0 radical (unpaired) electrons. The smallest absolute Gasteiger partial charge is 0.0568 e. The van der Waals surface area contributed by atoms with Crippen LogP contribution in [0, 0.1) is 0 Å². The highest BCUT2D eigenvalue weighted by atomic mass is 32.2. The van der Waals surface area contributed by atoms with Crippen LogP contribution in [0.25, 0.3) is 0 Å². The van der Waals surface area contributed by atoms with Gasteiger partial charge < -0.3 is 5.11 Å². The summed E-state index contributed by atoms with van der Waals surface area (Å²) >= 11 is 5.62. The Hall–Kier alpha value is -0.290. The zero-order valence-corrected chi connectivity index (χ0v) is 11.7. The number of thiophene rings is 2. The van der Waals surface area contributed by atoms with Crippen molar-refractivity contribution < 1.29 is 5.11 Å². The maximum atomic E-state index is 10.0. The molecular formula is C13H14OS3. The molecular weight excluding hydrogens is 268 g/mol. The summed E-state index contributed by atoms with van der Waals surface area (Å²) in [5.41, 5.74) is 0. The molecule has 3 heterocycles. The van der Waals surface area contributed by atoms with E-state index in [4.69, 9.17) is 0 Å². The number of aliphatic hydroxyl groups excluding tert-OH is 1. The zero-order valence-electron chi connectivity index (χ0n) is 9.28. The highest BCUT2D eigenvalue weighted by molar-refractivity contribution is 8.00. The van der Waals surface area contributed by atoms with Crippen molar-refractivity contribution in [2.24, 2.45) is 0 Å². The van der Waals surface area contributed by atoms with Crippen LogP contribution in [0.4, 0.5) is 0 Å². The van der Waals surface area contributed by atoms with Crippen molar-refractivity contribution in [1.82, 2.24) is 0 Å². The first-order valence-electron chi connectivity index (χ1n) is 5.73. The SMILES string of the molecule is OC1CC(c2cccs2)SC(c2cccs2)C1. The van der Waals surface area contributed by atoms with E-state index in [1.165, 1.54) is 9.75 Å². The lowest BCUT2D eigenvalue weighted by atomic mass is 10.1. The van der Waals surface area contributed by atoms with Crippen molar-refractivity contribution in [3.63, 3.8) is 0 Å². The van der Waals surface area contributed by atoms with Crippen LogP contribution in [0.1, 0.15) is 33.1 Å². The fourth-order valence-corrected chi connectivity index (χ4v) is 5.81. The van der Waals surface area contributed by atoms with Gasteiger partial charge in [0.05, 0.1) is 6.10 Å². The van der Waals surface area contributed by atoms with Crippen LogP contribution in [-0.2, 0) is 0 Å². The first-order valence-corrected chi connectivity index (χ1v) is 8.43. The highest BCUT2D eigenvalue weighted by Gasteiger charge is 2.31. The Morgan fingerprint density at radius 1 is 0.941 bits per heavy atom. The second-order valence-corrected chi connectivity index (χ2v) is 7.64. The molecule has 3 rings (SSSR count). The third kappa shape index (κ3) is 2.60. The first kappa shape index (κ1) is 11.8. The van der Waals surface area contributed by atoms with Gasteiger partial charge in [-0.2, -0.15) is 0 Å². The normalized spacial score (nSPS) is 29.4. The number of hydrogen-bond acceptors (Lipinski definition) is 4.